The first kappa shape index (κ1) is 17.7. The number of carbonyl (C=O) groups excluding carboxylic acids is 1. The zero-order valence-electron chi connectivity index (χ0n) is 15.2. The predicted octanol–water partition coefficient (Wildman–Crippen LogP) is 5.08. The molecular formula is C20H21N3O3. The summed E-state index contributed by atoms with van der Waals surface area (Å²) in [7, 11) is 0. The Morgan fingerprint density at radius 2 is 1.77 bits per heavy atom. The average molecular weight is 351 g/mol. The minimum absolute atomic E-state index is 0.468. The maximum absolute atomic E-state index is 12.1. The molecule has 0 aliphatic carbocycles. The fourth-order valence-corrected chi connectivity index (χ4v) is 2.49. The van der Waals surface area contributed by atoms with Crippen molar-refractivity contribution in [2.24, 2.45) is 0 Å². The summed E-state index contributed by atoms with van der Waals surface area (Å²) in [6, 6.07) is 13.0. The second kappa shape index (κ2) is 7.00. The van der Waals surface area contributed by atoms with Gasteiger partial charge >= 0.3 is 6.09 Å². The van der Waals surface area contributed by atoms with Gasteiger partial charge in [-0.15, -0.1) is 0 Å². The van der Waals surface area contributed by atoms with Gasteiger partial charge in [-0.2, -0.15) is 4.98 Å². The van der Waals surface area contributed by atoms with E-state index in [0.717, 1.165) is 10.8 Å². The molecule has 0 unspecified atom stereocenters. The number of rotatable bonds is 3. The van der Waals surface area contributed by atoms with Crippen molar-refractivity contribution in [3.05, 3.63) is 54.5 Å². The van der Waals surface area contributed by atoms with E-state index in [9.17, 15) is 4.79 Å². The Balaban J connectivity index is 1.93. The molecule has 3 rings (SSSR count). The Bertz CT molecular complexity index is 948. The van der Waals surface area contributed by atoms with E-state index >= 15 is 0 Å². The molecule has 0 spiro atoms. The monoisotopic (exact) mass is 351 g/mol. The van der Waals surface area contributed by atoms with Crippen LogP contribution in [0.4, 0.5) is 10.5 Å². The molecule has 0 radical (unpaired) electrons. The van der Waals surface area contributed by atoms with E-state index in [1.807, 2.05) is 45.0 Å². The first-order valence-electron chi connectivity index (χ1n) is 8.31. The van der Waals surface area contributed by atoms with Gasteiger partial charge in [0.15, 0.2) is 0 Å². The molecule has 26 heavy (non-hydrogen) atoms. The highest BCUT2D eigenvalue weighted by Gasteiger charge is 2.17. The number of hydrogen-bond donors (Lipinski definition) is 1. The molecule has 6 nitrogen and oxygen atoms in total. The SMILES string of the molecule is Cc1nccc(Oc2ccc(NC(=O)OC(C)(C)C)c3ccccc23)n1. The molecule has 6 heteroatoms. The van der Waals surface area contributed by atoms with Gasteiger partial charge in [0.2, 0.25) is 5.88 Å². The van der Waals surface area contributed by atoms with Crippen LogP contribution in [-0.4, -0.2) is 21.7 Å². The minimum Gasteiger partial charge on any atom is -0.444 e. The third-order valence-electron chi connectivity index (χ3n) is 3.48. The normalized spacial score (nSPS) is 11.2. The topological polar surface area (TPSA) is 73.3 Å². The van der Waals surface area contributed by atoms with Crippen molar-refractivity contribution in [3.8, 4) is 11.6 Å². The number of ether oxygens (including phenoxy) is 2. The molecule has 0 saturated carbocycles. The molecule has 1 aromatic heterocycles. The van der Waals surface area contributed by atoms with Gasteiger partial charge in [0.05, 0.1) is 5.69 Å². The lowest BCUT2D eigenvalue weighted by molar-refractivity contribution is 0.0636. The highest BCUT2D eigenvalue weighted by atomic mass is 16.6. The molecule has 0 atom stereocenters. The van der Waals surface area contributed by atoms with Crippen LogP contribution in [0.5, 0.6) is 11.6 Å². The fraction of sp³-hybridized carbons (Fsp3) is 0.250. The number of fused-ring (bicyclic) bond motifs is 1. The van der Waals surface area contributed by atoms with Gasteiger partial charge in [0, 0.05) is 23.0 Å². The summed E-state index contributed by atoms with van der Waals surface area (Å²) in [6.45, 7) is 7.28. The largest absolute Gasteiger partial charge is 0.444 e. The van der Waals surface area contributed by atoms with E-state index in [-0.39, 0.29) is 0 Å². The van der Waals surface area contributed by atoms with Crippen molar-refractivity contribution in [1.29, 1.82) is 0 Å². The lowest BCUT2D eigenvalue weighted by Crippen LogP contribution is -2.27. The zero-order chi connectivity index (χ0) is 18.7. The van der Waals surface area contributed by atoms with Crippen LogP contribution < -0.4 is 10.1 Å². The van der Waals surface area contributed by atoms with Crippen LogP contribution in [-0.2, 0) is 4.74 Å². The van der Waals surface area contributed by atoms with Gasteiger partial charge in [-0.1, -0.05) is 24.3 Å². The summed E-state index contributed by atoms with van der Waals surface area (Å²) in [5.74, 6) is 1.75. The minimum atomic E-state index is -0.562. The van der Waals surface area contributed by atoms with Crippen molar-refractivity contribution in [3.63, 3.8) is 0 Å². The van der Waals surface area contributed by atoms with Crippen LogP contribution in [0.3, 0.4) is 0 Å². The first-order valence-corrected chi connectivity index (χ1v) is 8.31. The summed E-state index contributed by atoms with van der Waals surface area (Å²) < 4.78 is 11.2. The van der Waals surface area contributed by atoms with Crippen LogP contribution in [0, 0.1) is 6.92 Å². The Kier molecular flexibility index (Phi) is 4.75. The Labute approximate surface area is 152 Å². The van der Waals surface area contributed by atoms with E-state index in [2.05, 4.69) is 15.3 Å². The standard InChI is InChI=1S/C20H21N3O3/c1-13-21-12-11-18(22-13)25-17-10-9-16(14-7-5-6-8-15(14)17)23-19(24)26-20(2,3)4/h5-12H,1-4H3,(H,23,24). The smallest absolute Gasteiger partial charge is 0.412 e. The molecule has 134 valence electrons. The molecule has 2 aromatic carbocycles. The lowest BCUT2D eigenvalue weighted by Gasteiger charge is -2.20. The van der Waals surface area contributed by atoms with Crippen molar-refractivity contribution in [1.82, 2.24) is 9.97 Å². The number of amides is 1. The maximum Gasteiger partial charge on any atom is 0.412 e. The van der Waals surface area contributed by atoms with Crippen LogP contribution in [0.25, 0.3) is 10.8 Å². The molecule has 0 fully saturated rings. The van der Waals surface area contributed by atoms with Gasteiger partial charge in [-0.25, -0.2) is 9.78 Å². The predicted molar refractivity (Wildman–Crippen MR) is 101 cm³/mol. The van der Waals surface area contributed by atoms with E-state index < -0.39 is 11.7 Å². The van der Waals surface area contributed by atoms with Crippen LogP contribution >= 0.6 is 0 Å². The lowest BCUT2D eigenvalue weighted by atomic mass is 10.1. The molecule has 1 amide bonds. The molecule has 0 bridgehead atoms. The Morgan fingerprint density at radius 1 is 1.04 bits per heavy atom. The van der Waals surface area contributed by atoms with Gasteiger partial charge in [-0.3, -0.25) is 5.32 Å². The van der Waals surface area contributed by atoms with Crippen molar-refractivity contribution in [2.45, 2.75) is 33.3 Å². The highest BCUT2D eigenvalue weighted by Crippen LogP contribution is 2.34. The van der Waals surface area contributed by atoms with Crippen molar-refractivity contribution < 1.29 is 14.3 Å². The third kappa shape index (κ3) is 4.27. The number of nitrogens with one attached hydrogen (secondary N) is 1. The third-order valence-corrected chi connectivity index (χ3v) is 3.48. The summed E-state index contributed by atoms with van der Waals surface area (Å²) in [4.78, 5) is 20.4. The average Bonchev–Trinajstić information content (AvgIpc) is 2.55. The van der Waals surface area contributed by atoms with E-state index in [1.165, 1.54) is 0 Å². The first-order chi connectivity index (χ1) is 12.3. The molecule has 0 aliphatic heterocycles. The number of carbonyl (C=O) groups is 1. The number of aromatic nitrogens is 2. The zero-order valence-corrected chi connectivity index (χ0v) is 15.2. The van der Waals surface area contributed by atoms with E-state index in [0.29, 0.717) is 23.1 Å². The molecular weight excluding hydrogens is 330 g/mol. The van der Waals surface area contributed by atoms with Crippen molar-refractivity contribution in [2.75, 3.05) is 5.32 Å². The summed E-state index contributed by atoms with van der Waals surface area (Å²) in [5, 5.41) is 4.51. The van der Waals surface area contributed by atoms with E-state index in [1.54, 1.807) is 31.3 Å². The number of aryl methyl sites for hydroxylation is 1. The maximum atomic E-state index is 12.1. The van der Waals surface area contributed by atoms with Crippen molar-refractivity contribution >= 4 is 22.6 Å². The van der Waals surface area contributed by atoms with Gasteiger partial charge in [0.1, 0.15) is 17.2 Å². The summed E-state index contributed by atoms with van der Waals surface area (Å²) in [5.41, 5.74) is 0.0921. The second-order valence-electron chi connectivity index (χ2n) is 6.83. The second-order valence-corrected chi connectivity index (χ2v) is 6.83. The van der Waals surface area contributed by atoms with E-state index in [4.69, 9.17) is 9.47 Å². The molecule has 0 aliphatic rings. The number of nitrogens with zero attached hydrogens (tertiary/aromatic N) is 2. The fourth-order valence-electron chi connectivity index (χ4n) is 2.49. The van der Waals surface area contributed by atoms with Gasteiger partial charge < -0.3 is 9.47 Å². The summed E-state index contributed by atoms with van der Waals surface area (Å²) >= 11 is 0. The molecule has 0 saturated heterocycles. The number of benzene rings is 2. The van der Waals surface area contributed by atoms with Crippen LogP contribution in [0.2, 0.25) is 0 Å². The molecule has 3 aromatic rings. The Hall–Kier alpha value is -3.15. The van der Waals surface area contributed by atoms with Gasteiger partial charge in [-0.05, 0) is 39.8 Å². The Morgan fingerprint density at radius 3 is 2.46 bits per heavy atom. The molecule has 1 N–H and O–H groups in total. The van der Waals surface area contributed by atoms with Crippen LogP contribution in [0.1, 0.15) is 26.6 Å². The van der Waals surface area contributed by atoms with Gasteiger partial charge in [0.25, 0.3) is 0 Å². The highest BCUT2D eigenvalue weighted by molar-refractivity contribution is 6.02. The van der Waals surface area contributed by atoms with Crippen LogP contribution in [0.15, 0.2) is 48.7 Å². The summed E-state index contributed by atoms with van der Waals surface area (Å²) in [6.07, 6.45) is 1.15. The number of hydrogen-bond acceptors (Lipinski definition) is 5. The number of anilines is 1. The quantitative estimate of drug-likeness (QED) is 0.712. The molecule has 1 heterocycles.